The summed E-state index contributed by atoms with van der Waals surface area (Å²) in [7, 11) is 0. The molecule has 4 heteroatoms. The maximum Gasteiger partial charge on any atom is 0.254 e. The van der Waals surface area contributed by atoms with Gasteiger partial charge in [-0.25, -0.2) is 0 Å². The van der Waals surface area contributed by atoms with Gasteiger partial charge in [0.05, 0.1) is 6.61 Å². The quantitative estimate of drug-likeness (QED) is 0.864. The smallest absolute Gasteiger partial charge is 0.254 e. The Morgan fingerprint density at radius 2 is 1.95 bits per heavy atom. The summed E-state index contributed by atoms with van der Waals surface area (Å²) in [6.07, 6.45) is 2.08. The van der Waals surface area contributed by atoms with Gasteiger partial charge >= 0.3 is 0 Å². The van der Waals surface area contributed by atoms with E-state index >= 15 is 0 Å². The maximum absolute atomic E-state index is 12.5. The van der Waals surface area contributed by atoms with E-state index in [0.717, 1.165) is 25.9 Å². The zero-order chi connectivity index (χ0) is 14.8. The highest BCUT2D eigenvalue weighted by Gasteiger charge is 2.28. The zero-order valence-electron chi connectivity index (χ0n) is 12.6. The monoisotopic (exact) mass is 276 g/mol. The third-order valence-electron chi connectivity index (χ3n) is 3.89. The lowest BCUT2D eigenvalue weighted by molar-refractivity contribution is 0.0630. The summed E-state index contributed by atoms with van der Waals surface area (Å²) >= 11 is 0. The minimum absolute atomic E-state index is 0.0498. The van der Waals surface area contributed by atoms with Gasteiger partial charge < -0.3 is 15.4 Å². The number of likely N-dealkylation sites (tertiary alicyclic amines) is 1. The van der Waals surface area contributed by atoms with Gasteiger partial charge in [0.25, 0.3) is 5.91 Å². The van der Waals surface area contributed by atoms with E-state index < -0.39 is 0 Å². The first-order chi connectivity index (χ1) is 9.41. The molecule has 0 radical (unpaired) electrons. The van der Waals surface area contributed by atoms with E-state index in [2.05, 4.69) is 13.8 Å². The van der Waals surface area contributed by atoms with Crippen LogP contribution in [-0.2, 0) is 0 Å². The molecule has 110 valence electrons. The minimum atomic E-state index is 0.0498. The number of anilines is 1. The average Bonchev–Trinajstić information content (AvgIpc) is 2.37. The summed E-state index contributed by atoms with van der Waals surface area (Å²) in [5.41, 5.74) is 7.37. The van der Waals surface area contributed by atoms with Crippen LogP contribution in [0, 0.1) is 5.41 Å². The van der Waals surface area contributed by atoms with Crippen LogP contribution in [0.3, 0.4) is 0 Å². The van der Waals surface area contributed by atoms with Crippen LogP contribution in [-0.4, -0.2) is 30.5 Å². The van der Waals surface area contributed by atoms with Gasteiger partial charge in [0.1, 0.15) is 5.75 Å². The minimum Gasteiger partial charge on any atom is -0.494 e. The number of amides is 1. The van der Waals surface area contributed by atoms with Gasteiger partial charge in [0, 0.05) is 30.4 Å². The predicted molar refractivity (Wildman–Crippen MR) is 80.9 cm³/mol. The van der Waals surface area contributed by atoms with Crippen LogP contribution in [0.25, 0.3) is 0 Å². The summed E-state index contributed by atoms with van der Waals surface area (Å²) < 4.78 is 5.45. The van der Waals surface area contributed by atoms with Gasteiger partial charge in [0.2, 0.25) is 0 Å². The number of ether oxygens (including phenoxy) is 1. The van der Waals surface area contributed by atoms with Crippen LogP contribution < -0.4 is 10.5 Å². The van der Waals surface area contributed by atoms with Crippen molar-refractivity contribution in [2.24, 2.45) is 5.41 Å². The van der Waals surface area contributed by atoms with Crippen LogP contribution in [0.2, 0.25) is 0 Å². The molecule has 1 heterocycles. The number of carbonyl (C=O) groups is 1. The van der Waals surface area contributed by atoms with Crippen LogP contribution in [0.1, 0.15) is 44.0 Å². The standard InChI is InChI=1S/C16H24N2O2/c1-4-20-14-10-12(9-13(17)11-14)15(19)18-7-5-16(2,3)6-8-18/h9-11H,4-8,17H2,1-3H3. The molecular weight excluding hydrogens is 252 g/mol. The molecule has 2 rings (SSSR count). The van der Waals surface area contributed by atoms with Gasteiger partial charge in [-0.3, -0.25) is 4.79 Å². The van der Waals surface area contributed by atoms with Gasteiger partial charge in [-0.1, -0.05) is 13.8 Å². The Kier molecular flexibility index (Phi) is 4.21. The molecule has 2 N–H and O–H groups in total. The molecule has 1 saturated heterocycles. The molecule has 1 aromatic rings. The van der Waals surface area contributed by atoms with Crippen molar-refractivity contribution in [1.82, 2.24) is 4.90 Å². The fourth-order valence-corrected chi connectivity index (χ4v) is 2.49. The molecule has 0 atom stereocenters. The molecule has 20 heavy (non-hydrogen) atoms. The number of carbonyl (C=O) groups excluding carboxylic acids is 1. The van der Waals surface area contributed by atoms with Gasteiger partial charge in [-0.05, 0) is 37.3 Å². The van der Waals surface area contributed by atoms with Crippen molar-refractivity contribution < 1.29 is 9.53 Å². The number of nitrogen functional groups attached to an aromatic ring is 1. The Bertz CT molecular complexity index is 487. The molecule has 4 nitrogen and oxygen atoms in total. The summed E-state index contributed by atoms with van der Waals surface area (Å²) in [4.78, 5) is 14.4. The highest BCUT2D eigenvalue weighted by molar-refractivity contribution is 5.95. The number of nitrogens with zero attached hydrogens (tertiary/aromatic N) is 1. The molecular formula is C16H24N2O2. The van der Waals surface area contributed by atoms with Crippen molar-refractivity contribution in [2.75, 3.05) is 25.4 Å². The van der Waals surface area contributed by atoms with Crippen molar-refractivity contribution in [1.29, 1.82) is 0 Å². The fourth-order valence-electron chi connectivity index (χ4n) is 2.49. The molecule has 1 aliphatic heterocycles. The number of rotatable bonds is 3. The summed E-state index contributed by atoms with van der Waals surface area (Å²) in [5, 5.41) is 0. The van der Waals surface area contributed by atoms with Crippen LogP contribution in [0.4, 0.5) is 5.69 Å². The lowest BCUT2D eigenvalue weighted by Gasteiger charge is -2.37. The van der Waals surface area contributed by atoms with Crippen molar-refractivity contribution in [2.45, 2.75) is 33.6 Å². The van der Waals surface area contributed by atoms with E-state index in [1.165, 1.54) is 0 Å². The molecule has 0 spiro atoms. The first-order valence-corrected chi connectivity index (χ1v) is 7.24. The molecule has 0 saturated carbocycles. The molecule has 1 fully saturated rings. The second-order valence-electron chi connectivity index (χ2n) is 6.18. The van der Waals surface area contributed by atoms with Crippen LogP contribution in [0.5, 0.6) is 5.75 Å². The Morgan fingerprint density at radius 3 is 2.55 bits per heavy atom. The van der Waals surface area contributed by atoms with Crippen molar-refractivity contribution in [3.63, 3.8) is 0 Å². The number of piperidine rings is 1. The summed E-state index contributed by atoms with van der Waals surface area (Å²) in [6, 6.07) is 5.26. The Morgan fingerprint density at radius 1 is 1.30 bits per heavy atom. The van der Waals surface area contributed by atoms with Crippen molar-refractivity contribution in [3.8, 4) is 5.75 Å². The maximum atomic E-state index is 12.5. The second kappa shape index (κ2) is 5.73. The number of nitrogens with two attached hydrogens (primary N) is 1. The highest BCUT2D eigenvalue weighted by Crippen LogP contribution is 2.30. The Balaban J connectivity index is 2.13. The van der Waals surface area contributed by atoms with Gasteiger partial charge in [-0.2, -0.15) is 0 Å². The molecule has 1 amide bonds. The SMILES string of the molecule is CCOc1cc(N)cc(C(=O)N2CCC(C)(C)CC2)c1. The average molecular weight is 276 g/mol. The predicted octanol–water partition coefficient (Wildman–Crippen LogP) is 2.93. The first-order valence-electron chi connectivity index (χ1n) is 7.24. The largest absolute Gasteiger partial charge is 0.494 e. The molecule has 1 aliphatic rings. The molecule has 1 aromatic carbocycles. The van der Waals surface area contributed by atoms with E-state index in [-0.39, 0.29) is 5.91 Å². The lowest BCUT2D eigenvalue weighted by Crippen LogP contribution is -2.41. The van der Waals surface area contributed by atoms with E-state index in [1.807, 2.05) is 11.8 Å². The number of benzene rings is 1. The van der Waals surface area contributed by atoms with Crippen molar-refractivity contribution in [3.05, 3.63) is 23.8 Å². The van der Waals surface area contributed by atoms with Crippen LogP contribution >= 0.6 is 0 Å². The highest BCUT2D eigenvalue weighted by atomic mass is 16.5. The summed E-state index contributed by atoms with van der Waals surface area (Å²) in [6.45, 7) is 8.60. The second-order valence-corrected chi connectivity index (χ2v) is 6.18. The summed E-state index contributed by atoms with van der Waals surface area (Å²) in [5.74, 6) is 0.710. The first kappa shape index (κ1) is 14.7. The fraction of sp³-hybridized carbons (Fsp3) is 0.562. The van der Waals surface area contributed by atoms with E-state index in [1.54, 1.807) is 18.2 Å². The normalized spacial score (nSPS) is 17.9. The van der Waals surface area contributed by atoms with Crippen LogP contribution in [0.15, 0.2) is 18.2 Å². The van der Waals surface area contributed by atoms with Crippen molar-refractivity contribution >= 4 is 11.6 Å². The topological polar surface area (TPSA) is 55.6 Å². The van der Waals surface area contributed by atoms with E-state index in [0.29, 0.717) is 29.0 Å². The molecule has 0 unspecified atom stereocenters. The number of hydrogen-bond donors (Lipinski definition) is 1. The molecule has 0 aromatic heterocycles. The van der Waals surface area contributed by atoms with Gasteiger partial charge in [-0.15, -0.1) is 0 Å². The third kappa shape index (κ3) is 3.44. The Hall–Kier alpha value is -1.71. The lowest BCUT2D eigenvalue weighted by atomic mass is 9.82. The zero-order valence-corrected chi connectivity index (χ0v) is 12.6. The molecule has 0 bridgehead atoms. The van der Waals surface area contributed by atoms with E-state index in [4.69, 9.17) is 10.5 Å². The number of hydrogen-bond acceptors (Lipinski definition) is 3. The Labute approximate surface area is 120 Å². The van der Waals surface area contributed by atoms with E-state index in [9.17, 15) is 4.79 Å². The third-order valence-corrected chi connectivity index (χ3v) is 3.89. The molecule has 0 aliphatic carbocycles. The van der Waals surface area contributed by atoms with Gasteiger partial charge in [0.15, 0.2) is 0 Å².